The van der Waals surface area contributed by atoms with Crippen molar-refractivity contribution >= 4 is 0 Å². The molecule has 0 radical (unpaired) electrons. The molecular formula is C16H32N2. The van der Waals surface area contributed by atoms with Gasteiger partial charge in [-0.2, -0.15) is 0 Å². The number of likely N-dealkylation sites (N-methyl/N-ethyl adjacent to an activating group) is 1. The highest BCUT2D eigenvalue weighted by atomic mass is 15.1. The van der Waals surface area contributed by atoms with Crippen molar-refractivity contribution < 1.29 is 0 Å². The Balaban J connectivity index is 1.57. The Morgan fingerprint density at radius 2 is 1.61 bits per heavy atom. The molecule has 18 heavy (non-hydrogen) atoms. The van der Waals surface area contributed by atoms with Crippen molar-refractivity contribution in [3.63, 3.8) is 0 Å². The van der Waals surface area contributed by atoms with E-state index in [9.17, 15) is 0 Å². The molecule has 0 bridgehead atoms. The lowest BCUT2D eigenvalue weighted by molar-refractivity contribution is 0.168. The minimum Gasteiger partial charge on any atom is -0.313 e. The molecule has 1 N–H and O–H groups in total. The molecule has 2 nitrogen and oxygen atoms in total. The zero-order valence-electron chi connectivity index (χ0n) is 12.5. The summed E-state index contributed by atoms with van der Waals surface area (Å²) in [5, 5.41) is 3.76. The first-order valence-corrected chi connectivity index (χ1v) is 8.19. The van der Waals surface area contributed by atoms with Gasteiger partial charge in [-0.3, -0.25) is 0 Å². The van der Waals surface area contributed by atoms with Crippen molar-refractivity contribution in [2.75, 3.05) is 20.1 Å². The Morgan fingerprint density at radius 1 is 0.944 bits per heavy atom. The average Bonchev–Trinajstić information content (AvgIpc) is 2.40. The van der Waals surface area contributed by atoms with Crippen LogP contribution in [0.5, 0.6) is 0 Å². The summed E-state index contributed by atoms with van der Waals surface area (Å²) < 4.78 is 0. The number of hydrogen-bond acceptors (Lipinski definition) is 2. The molecule has 0 aromatic carbocycles. The van der Waals surface area contributed by atoms with Crippen LogP contribution in [0.25, 0.3) is 0 Å². The van der Waals surface area contributed by atoms with Crippen molar-refractivity contribution in [2.45, 2.75) is 76.8 Å². The molecule has 0 aromatic heterocycles. The van der Waals surface area contributed by atoms with Gasteiger partial charge < -0.3 is 10.2 Å². The summed E-state index contributed by atoms with van der Waals surface area (Å²) in [6, 6.07) is 1.67. The quantitative estimate of drug-likeness (QED) is 0.806. The van der Waals surface area contributed by atoms with Gasteiger partial charge in [0, 0.05) is 25.2 Å². The normalized spacial score (nSPS) is 30.8. The van der Waals surface area contributed by atoms with Crippen LogP contribution in [-0.4, -0.2) is 37.1 Å². The first-order chi connectivity index (χ1) is 8.75. The Bertz CT molecular complexity index is 215. The van der Waals surface area contributed by atoms with Crippen molar-refractivity contribution in [3.05, 3.63) is 0 Å². The first kappa shape index (κ1) is 14.3. The van der Waals surface area contributed by atoms with Gasteiger partial charge >= 0.3 is 0 Å². The summed E-state index contributed by atoms with van der Waals surface area (Å²) >= 11 is 0. The maximum atomic E-state index is 3.76. The topological polar surface area (TPSA) is 15.3 Å². The number of rotatable bonds is 5. The van der Waals surface area contributed by atoms with Crippen LogP contribution in [0.1, 0.15) is 64.7 Å². The summed E-state index contributed by atoms with van der Waals surface area (Å²) in [5.74, 6) is 0.968. The van der Waals surface area contributed by atoms with Crippen molar-refractivity contribution in [2.24, 2.45) is 5.92 Å². The van der Waals surface area contributed by atoms with Gasteiger partial charge in [-0.05, 0) is 51.5 Å². The molecule has 2 heteroatoms. The third-order valence-electron chi connectivity index (χ3n) is 5.11. The van der Waals surface area contributed by atoms with Gasteiger partial charge in [0.25, 0.3) is 0 Å². The summed E-state index contributed by atoms with van der Waals surface area (Å²) in [4.78, 5) is 2.60. The van der Waals surface area contributed by atoms with Crippen LogP contribution >= 0.6 is 0 Å². The van der Waals surface area contributed by atoms with Crippen LogP contribution in [0.4, 0.5) is 0 Å². The Kier molecular flexibility index (Phi) is 5.97. The predicted octanol–water partition coefficient (Wildman–Crippen LogP) is 3.42. The molecule has 0 saturated heterocycles. The molecule has 0 unspecified atom stereocenters. The van der Waals surface area contributed by atoms with Gasteiger partial charge in [-0.1, -0.05) is 26.2 Å². The highest BCUT2D eigenvalue weighted by Crippen LogP contribution is 2.26. The molecule has 2 rings (SSSR count). The summed E-state index contributed by atoms with van der Waals surface area (Å²) in [7, 11) is 2.32. The van der Waals surface area contributed by atoms with Gasteiger partial charge in [0.15, 0.2) is 0 Å². The Hall–Kier alpha value is -0.0800. The molecule has 0 spiro atoms. The zero-order chi connectivity index (χ0) is 12.8. The van der Waals surface area contributed by atoms with Crippen LogP contribution in [0.15, 0.2) is 0 Å². The summed E-state index contributed by atoms with van der Waals surface area (Å²) in [6.45, 7) is 4.82. The lowest BCUT2D eigenvalue weighted by atomic mass is 9.87. The van der Waals surface area contributed by atoms with E-state index < -0.39 is 0 Å². The predicted molar refractivity (Wildman–Crippen MR) is 78.9 cm³/mol. The largest absolute Gasteiger partial charge is 0.313 e. The fourth-order valence-corrected chi connectivity index (χ4v) is 3.62. The van der Waals surface area contributed by atoms with E-state index in [2.05, 4.69) is 24.2 Å². The van der Waals surface area contributed by atoms with Crippen LogP contribution in [0.3, 0.4) is 0 Å². The van der Waals surface area contributed by atoms with Crippen molar-refractivity contribution in [3.8, 4) is 0 Å². The lowest BCUT2D eigenvalue weighted by Gasteiger charge is -2.34. The molecule has 2 fully saturated rings. The van der Waals surface area contributed by atoms with Crippen LogP contribution < -0.4 is 5.32 Å². The van der Waals surface area contributed by atoms with Gasteiger partial charge in [-0.25, -0.2) is 0 Å². The Morgan fingerprint density at radius 3 is 2.28 bits per heavy atom. The van der Waals surface area contributed by atoms with Crippen LogP contribution in [0, 0.1) is 5.92 Å². The van der Waals surface area contributed by atoms with Crippen molar-refractivity contribution in [1.29, 1.82) is 0 Å². The summed E-state index contributed by atoms with van der Waals surface area (Å²) in [6.07, 6.45) is 12.9. The van der Waals surface area contributed by atoms with E-state index >= 15 is 0 Å². The Labute approximate surface area is 114 Å². The summed E-state index contributed by atoms with van der Waals surface area (Å²) in [5.41, 5.74) is 0. The number of nitrogens with one attached hydrogen (secondary N) is 1. The maximum Gasteiger partial charge on any atom is 0.0107 e. The molecule has 2 aliphatic carbocycles. The minimum absolute atomic E-state index is 0.818. The minimum atomic E-state index is 0.818. The van der Waals surface area contributed by atoms with E-state index in [-0.39, 0.29) is 0 Å². The van der Waals surface area contributed by atoms with Gasteiger partial charge in [-0.15, -0.1) is 0 Å². The second kappa shape index (κ2) is 7.49. The first-order valence-electron chi connectivity index (χ1n) is 8.19. The van der Waals surface area contributed by atoms with Crippen LogP contribution in [-0.2, 0) is 0 Å². The fourth-order valence-electron chi connectivity index (χ4n) is 3.62. The average molecular weight is 252 g/mol. The highest BCUT2D eigenvalue weighted by Gasteiger charge is 2.21. The van der Waals surface area contributed by atoms with E-state index in [1.165, 1.54) is 70.9 Å². The van der Waals surface area contributed by atoms with E-state index in [0.29, 0.717) is 0 Å². The molecular weight excluding hydrogens is 220 g/mol. The van der Waals surface area contributed by atoms with Gasteiger partial charge in [0.05, 0.1) is 0 Å². The van der Waals surface area contributed by atoms with E-state index in [4.69, 9.17) is 0 Å². The highest BCUT2D eigenvalue weighted by molar-refractivity contribution is 4.78. The van der Waals surface area contributed by atoms with Crippen LogP contribution in [0.2, 0.25) is 0 Å². The third-order valence-corrected chi connectivity index (χ3v) is 5.11. The standard InChI is InChI=1S/C16H32N2/c1-14-8-10-16(11-9-14)18(2)13-12-17-15-6-4-3-5-7-15/h14-17H,3-13H2,1-2H3. The molecule has 0 heterocycles. The van der Waals surface area contributed by atoms with E-state index in [1.807, 2.05) is 0 Å². The molecule has 0 aromatic rings. The fraction of sp³-hybridized carbons (Fsp3) is 1.00. The van der Waals surface area contributed by atoms with E-state index in [0.717, 1.165) is 18.0 Å². The second-order valence-corrected chi connectivity index (χ2v) is 6.68. The van der Waals surface area contributed by atoms with Gasteiger partial charge in [0.2, 0.25) is 0 Å². The SMILES string of the molecule is CC1CCC(N(C)CCNC2CCCCC2)CC1. The molecule has 0 amide bonds. The monoisotopic (exact) mass is 252 g/mol. The van der Waals surface area contributed by atoms with E-state index in [1.54, 1.807) is 0 Å². The molecule has 106 valence electrons. The zero-order valence-corrected chi connectivity index (χ0v) is 12.5. The molecule has 2 saturated carbocycles. The molecule has 0 atom stereocenters. The number of nitrogens with zero attached hydrogens (tertiary/aromatic N) is 1. The van der Waals surface area contributed by atoms with Gasteiger partial charge in [0.1, 0.15) is 0 Å². The lowest BCUT2D eigenvalue weighted by Crippen LogP contribution is -2.41. The smallest absolute Gasteiger partial charge is 0.0107 e. The third kappa shape index (κ3) is 4.55. The molecule has 2 aliphatic rings. The second-order valence-electron chi connectivity index (χ2n) is 6.68. The molecule has 0 aliphatic heterocycles. The number of hydrogen-bond donors (Lipinski definition) is 1. The van der Waals surface area contributed by atoms with Crippen molar-refractivity contribution in [1.82, 2.24) is 10.2 Å². The maximum absolute atomic E-state index is 3.76.